The number of hydrogen-bond acceptors (Lipinski definition) is 8. The SMILES string of the molecule is NC(=O)CCC(NC(=O)C(Cc1c[nH]c2ccccc12)NC(=O)C(N)Cc1ccc(O)cc1)C(=O)NC(Cc1ccc(O)cc1)C(=O)O. The molecule has 4 aromatic rings. The number of carbonyl (C=O) groups excluding carboxylic acids is 4. The number of carbonyl (C=O) groups is 5. The van der Waals surface area contributed by atoms with E-state index in [1.54, 1.807) is 18.3 Å². The highest BCUT2D eigenvalue weighted by atomic mass is 16.4. The average Bonchev–Trinajstić information content (AvgIpc) is 3.46. The minimum atomic E-state index is -1.41. The van der Waals surface area contributed by atoms with E-state index in [2.05, 4.69) is 20.9 Å². The van der Waals surface area contributed by atoms with Crippen LogP contribution in [0.25, 0.3) is 10.9 Å². The molecule has 1 heterocycles. The summed E-state index contributed by atoms with van der Waals surface area (Å²) in [4.78, 5) is 67.3. The highest BCUT2D eigenvalue weighted by Gasteiger charge is 2.31. The number of phenolic OH excluding ortho intramolecular Hbond substituents is 2. The second-order valence-corrected chi connectivity index (χ2v) is 11.4. The number of aromatic amines is 1. The first-order valence-electron chi connectivity index (χ1n) is 15.2. The van der Waals surface area contributed by atoms with Crippen LogP contribution in [0.2, 0.25) is 0 Å². The van der Waals surface area contributed by atoms with Gasteiger partial charge in [-0.25, -0.2) is 4.79 Å². The number of rotatable bonds is 16. The fourth-order valence-electron chi connectivity index (χ4n) is 5.15. The number of fused-ring (bicyclic) bond motifs is 1. The molecule has 252 valence electrons. The van der Waals surface area contributed by atoms with Gasteiger partial charge in [0.2, 0.25) is 23.6 Å². The minimum Gasteiger partial charge on any atom is -0.508 e. The van der Waals surface area contributed by atoms with Gasteiger partial charge in [0.1, 0.15) is 29.6 Å². The van der Waals surface area contributed by atoms with Crippen LogP contribution in [0.5, 0.6) is 11.5 Å². The van der Waals surface area contributed by atoms with Gasteiger partial charge in [0.25, 0.3) is 0 Å². The van der Waals surface area contributed by atoms with E-state index in [9.17, 15) is 39.3 Å². The summed E-state index contributed by atoms with van der Waals surface area (Å²) in [5.41, 5.74) is 14.2. The number of primary amides is 1. The number of carboxylic acid groups (broad SMARTS) is 1. The Morgan fingerprint density at radius 2 is 1.23 bits per heavy atom. The zero-order valence-electron chi connectivity index (χ0n) is 25.9. The van der Waals surface area contributed by atoms with Crippen LogP contribution in [0.3, 0.4) is 0 Å². The fourth-order valence-corrected chi connectivity index (χ4v) is 5.15. The summed E-state index contributed by atoms with van der Waals surface area (Å²) < 4.78 is 0. The van der Waals surface area contributed by atoms with Crippen LogP contribution in [0.1, 0.15) is 29.5 Å². The second kappa shape index (κ2) is 16.1. The number of carboxylic acids is 1. The molecule has 11 N–H and O–H groups in total. The number of benzene rings is 3. The second-order valence-electron chi connectivity index (χ2n) is 11.4. The van der Waals surface area contributed by atoms with E-state index in [4.69, 9.17) is 11.5 Å². The third-order valence-electron chi connectivity index (χ3n) is 7.76. The first-order chi connectivity index (χ1) is 22.9. The van der Waals surface area contributed by atoms with E-state index in [0.29, 0.717) is 16.7 Å². The van der Waals surface area contributed by atoms with Crippen molar-refractivity contribution in [2.75, 3.05) is 0 Å². The molecule has 4 rings (SSSR count). The number of aromatic nitrogens is 1. The number of amides is 4. The number of nitrogens with one attached hydrogen (secondary N) is 4. The van der Waals surface area contributed by atoms with Crippen molar-refractivity contribution in [2.24, 2.45) is 11.5 Å². The Kier molecular flexibility index (Phi) is 11.7. The van der Waals surface area contributed by atoms with Crippen molar-refractivity contribution in [3.8, 4) is 11.5 Å². The molecule has 1 aromatic heterocycles. The highest BCUT2D eigenvalue weighted by Crippen LogP contribution is 2.20. The summed E-state index contributed by atoms with van der Waals surface area (Å²) in [7, 11) is 0. The minimum absolute atomic E-state index is 0.00369. The van der Waals surface area contributed by atoms with Gasteiger partial charge in [0.05, 0.1) is 6.04 Å². The molecule has 4 amide bonds. The zero-order valence-corrected chi connectivity index (χ0v) is 25.9. The van der Waals surface area contributed by atoms with Gasteiger partial charge in [-0.3, -0.25) is 19.2 Å². The average molecular weight is 659 g/mol. The van der Waals surface area contributed by atoms with E-state index in [1.165, 1.54) is 36.4 Å². The lowest BCUT2D eigenvalue weighted by atomic mass is 10.0. The molecule has 0 aliphatic carbocycles. The molecule has 0 radical (unpaired) electrons. The van der Waals surface area contributed by atoms with E-state index >= 15 is 0 Å². The van der Waals surface area contributed by atoms with Gasteiger partial charge in [0.15, 0.2) is 0 Å². The first-order valence-corrected chi connectivity index (χ1v) is 15.2. The molecule has 0 fully saturated rings. The molecule has 0 spiro atoms. The quantitative estimate of drug-likeness (QED) is 0.0822. The van der Waals surface area contributed by atoms with Crippen molar-refractivity contribution in [3.63, 3.8) is 0 Å². The standard InChI is InChI=1S/C34H38N6O8/c35-25(15-19-5-9-22(41)10-6-19)31(44)39-28(17-21-18-37-26-4-2-1-3-24(21)26)33(46)38-27(13-14-30(36)43)32(45)40-29(34(47)48)16-20-7-11-23(42)12-8-20/h1-12,18,25,27-29,37,41-42H,13-17,35H2,(H2,36,43)(H,38,46)(H,39,44)(H,40,45)(H,47,48). The van der Waals surface area contributed by atoms with Crippen molar-refractivity contribution < 1.29 is 39.3 Å². The normalized spacial score (nSPS) is 13.5. The number of aromatic hydroxyl groups is 2. The maximum Gasteiger partial charge on any atom is 0.326 e. The number of hydrogen-bond donors (Lipinski definition) is 9. The van der Waals surface area contributed by atoms with Gasteiger partial charge in [0, 0.05) is 36.4 Å². The van der Waals surface area contributed by atoms with E-state index in [0.717, 1.165) is 10.9 Å². The third kappa shape index (κ3) is 9.80. The van der Waals surface area contributed by atoms with Crippen LogP contribution < -0.4 is 27.4 Å². The Morgan fingerprint density at radius 3 is 1.83 bits per heavy atom. The van der Waals surface area contributed by atoms with Crippen LogP contribution in [-0.2, 0) is 43.2 Å². The molecule has 4 atom stereocenters. The number of aliphatic carboxylic acids is 1. The third-order valence-corrected chi connectivity index (χ3v) is 7.76. The van der Waals surface area contributed by atoms with Crippen LogP contribution >= 0.6 is 0 Å². The Hall–Kier alpha value is -5.89. The predicted molar refractivity (Wildman–Crippen MR) is 175 cm³/mol. The van der Waals surface area contributed by atoms with Crippen molar-refractivity contribution in [1.82, 2.24) is 20.9 Å². The monoisotopic (exact) mass is 658 g/mol. The predicted octanol–water partition coefficient (Wildman–Crippen LogP) is 0.739. The summed E-state index contributed by atoms with van der Waals surface area (Å²) in [6.45, 7) is 0. The van der Waals surface area contributed by atoms with Crippen molar-refractivity contribution in [1.29, 1.82) is 0 Å². The maximum atomic E-state index is 13.8. The van der Waals surface area contributed by atoms with E-state index in [1.807, 2.05) is 24.3 Å². The molecular formula is C34H38N6O8. The lowest BCUT2D eigenvalue weighted by Crippen LogP contribution is -2.58. The molecule has 48 heavy (non-hydrogen) atoms. The molecule has 14 nitrogen and oxygen atoms in total. The lowest BCUT2D eigenvalue weighted by Gasteiger charge is -2.25. The van der Waals surface area contributed by atoms with Gasteiger partial charge in [-0.15, -0.1) is 0 Å². The highest BCUT2D eigenvalue weighted by molar-refractivity contribution is 5.95. The van der Waals surface area contributed by atoms with Crippen molar-refractivity contribution in [3.05, 3.63) is 95.7 Å². The molecule has 0 aliphatic heterocycles. The molecular weight excluding hydrogens is 620 g/mol. The zero-order chi connectivity index (χ0) is 34.8. The molecule has 0 saturated heterocycles. The van der Waals surface area contributed by atoms with Crippen LogP contribution in [-0.4, -0.2) is 74.1 Å². The first kappa shape index (κ1) is 35.0. The van der Waals surface area contributed by atoms with Crippen molar-refractivity contribution >= 4 is 40.5 Å². The fraction of sp³-hybridized carbons (Fsp3) is 0.265. The number of nitrogens with two attached hydrogens (primary N) is 2. The van der Waals surface area contributed by atoms with Gasteiger partial charge in [-0.1, -0.05) is 42.5 Å². The number of para-hydroxylation sites is 1. The lowest BCUT2D eigenvalue weighted by molar-refractivity contribution is -0.142. The van der Waals surface area contributed by atoms with Gasteiger partial charge in [-0.05, 0) is 59.9 Å². The summed E-state index contributed by atoms with van der Waals surface area (Å²) in [5, 5.41) is 37.4. The number of H-pyrrole nitrogens is 1. The number of phenols is 2. The van der Waals surface area contributed by atoms with Crippen LogP contribution in [0.4, 0.5) is 0 Å². The summed E-state index contributed by atoms with van der Waals surface area (Å²) in [5.74, 6) is -4.36. The van der Waals surface area contributed by atoms with Gasteiger partial charge in [-0.2, -0.15) is 0 Å². The van der Waals surface area contributed by atoms with Crippen LogP contribution in [0.15, 0.2) is 79.0 Å². The molecule has 14 heteroatoms. The Bertz CT molecular complexity index is 1760. The summed E-state index contributed by atoms with van der Waals surface area (Å²) >= 11 is 0. The molecule has 3 aromatic carbocycles. The Labute approximate surface area is 275 Å². The van der Waals surface area contributed by atoms with Crippen molar-refractivity contribution in [2.45, 2.75) is 56.3 Å². The molecule has 0 bridgehead atoms. The summed E-state index contributed by atoms with van der Waals surface area (Å²) in [6.07, 6.45) is 1.13. The Morgan fingerprint density at radius 1 is 0.688 bits per heavy atom. The largest absolute Gasteiger partial charge is 0.508 e. The van der Waals surface area contributed by atoms with E-state index < -0.39 is 53.8 Å². The van der Waals surface area contributed by atoms with Gasteiger partial charge >= 0.3 is 5.97 Å². The topological polar surface area (TPSA) is 250 Å². The molecule has 4 unspecified atom stereocenters. The smallest absolute Gasteiger partial charge is 0.326 e. The molecule has 0 saturated carbocycles. The van der Waals surface area contributed by atoms with E-state index in [-0.39, 0.29) is 43.6 Å². The summed E-state index contributed by atoms with van der Waals surface area (Å²) in [6, 6.07) is 14.2. The van der Waals surface area contributed by atoms with Crippen LogP contribution in [0, 0.1) is 0 Å². The Balaban J connectivity index is 1.54. The molecule has 0 aliphatic rings. The maximum absolute atomic E-state index is 13.8. The van der Waals surface area contributed by atoms with Gasteiger partial charge < -0.3 is 47.7 Å².